The van der Waals surface area contributed by atoms with Crippen LogP contribution in [-0.4, -0.2) is 63.8 Å². The van der Waals surface area contributed by atoms with Gasteiger partial charge in [-0.1, -0.05) is 6.07 Å². The molecule has 1 aliphatic heterocycles. The Balaban J connectivity index is 1.97. The van der Waals surface area contributed by atoms with E-state index in [0.29, 0.717) is 18.7 Å². The van der Waals surface area contributed by atoms with E-state index in [1.165, 1.54) is 19.2 Å². The van der Waals surface area contributed by atoms with Gasteiger partial charge < -0.3 is 15.7 Å². The van der Waals surface area contributed by atoms with Gasteiger partial charge in [0, 0.05) is 24.3 Å². The maximum absolute atomic E-state index is 12.0. The molecule has 0 aliphatic carbocycles. The second-order valence-electron chi connectivity index (χ2n) is 5.54. The Kier molecular flexibility index (Phi) is 5.58. The number of aliphatic hydroxyl groups excluding tert-OH is 1. The molecule has 0 spiro atoms. The average Bonchev–Trinajstić information content (AvgIpc) is 2.86. The summed E-state index contributed by atoms with van der Waals surface area (Å²) in [6, 6.07) is 5.61. The fourth-order valence-electron chi connectivity index (χ4n) is 2.61. The van der Waals surface area contributed by atoms with E-state index in [9.17, 15) is 18.3 Å². The lowest BCUT2D eigenvalue weighted by molar-refractivity contribution is 0.182. The molecule has 0 aromatic heterocycles. The quantitative estimate of drug-likeness (QED) is 0.591. The number of hydrogen-bond donors (Lipinski definition) is 4. The number of aliphatic hydroxyl groups is 1. The second kappa shape index (κ2) is 7.26. The van der Waals surface area contributed by atoms with Crippen LogP contribution < -0.4 is 15.4 Å². The van der Waals surface area contributed by atoms with Crippen LogP contribution in [0.4, 0.5) is 10.5 Å². The van der Waals surface area contributed by atoms with Crippen molar-refractivity contribution in [1.29, 1.82) is 0 Å². The molecule has 9 heteroatoms. The van der Waals surface area contributed by atoms with Crippen molar-refractivity contribution in [1.82, 2.24) is 14.9 Å². The average molecular weight is 342 g/mol. The fourth-order valence-corrected chi connectivity index (χ4v) is 3.39. The number of sulfonamides is 1. The number of rotatable bonds is 5. The summed E-state index contributed by atoms with van der Waals surface area (Å²) in [7, 11) is -0.328. The third-order valence-corrected chi connectivity index (χ3v) is 5.32. The molecule has 8 nitrogen and oxygen atoms in total. The number of urea groups is 1. The zero-order chi connectivity index (χ0) is 17.0. The topological polar surface area (TPSA) is 111 Å². The number of carbonyl (C=O) groups is 1. The van der Waals surface area contributed by atoms with Crippen LogP contribution in [0, 0.1) is 0 Å². The summed E-state index contributed by atoms with van der Waals surface area (Å²) < 4.78 is 25.7. The summed E-state index contributed by atoms with van der Waals surface area (Å²) in [5.74, 6) is 0. The van der Waals surface area contributed by atoms with Gasteiger partial charge >= 0.3 is 6.03 Å². The van der Waals surface area contributed by atoms with E-state index in [1.807, 2.05) is 11.9 Å². The van der Waals surface area contributed by atoms with E-state index in [-0.39, 0.29) is 23.6 Å². The Hall–Kier alpha value is -1.68. The molecule has 2 atom stereocenters. The van der Waals surface area contributed by atoms with Crippen LogP contribution in [0.25, 0.3) is 0 Å². The predicted molar refractivity (Wildman–Crippen MR) is 86.8 cm³/mol. The van der Waals surface area contributed by atoms with E-state index < -0.39 is 16.1 Å². The molecule has 0 radical (unpaired) electrons. The first kappa shape index (κ1) is 17.7. The zero-order valence-electron chi connectivity index (χ0n) is 13.1. The fraction of sp³-hybridized carbons (Fsp3) is 0.500. The normalized spacial score (nSPS) is 22.0. The zero-order valence-corrected chi connectivity index (χ0v) is 13.9. The molecule has 1 aromatic rings. The van der Waals surface area contributed by atoms with Crippen LogP contribution in [-0.2, 0) is 10.0 Å². The standard InChI is InChI=1S/C14H22N4O4S/c1-15-23(21,22)13-5-3-4-10(7-13)16-14(20)17-11-6-12(9-19)18(2)8-11/h3-5,7,11-12,15,19H,6,8-9H2,1-2H3,(H2,16,17,20)/t11-,12+/m1/s1. The van der Waals surface area contributed by atoms with Crippen molar-refractivity contribution in [2.75, 3.05) is 32.6 Å². The first-order valence-corrected chi connectivity index (χ1v) is 8.76. The number of anilines is 1. The van der Waals surface area contributed by atoms with E-state index in [0.717, 1.165) is 0 Å². The third-order valence-electron chi connectivity index (χ3n) is 3.91. The smallest absolute Gasteiger partial charge is 0.319 e. The van der Waals surface area contributed by atoms with Crippen LogP contribution in [0.3, 0.4) is 0 Å². The summed E-state index contributed by atoms with van der Waals surface area (Å²) >= 11 is 0. The van der Waals surface area contributed by atoms with Gasteiger partial charge in [0.1, 0.15) is 0 Å². The summed E-state index contributed by atoms with van der Waals surface area (Å²) in [4.78, 5) is 14.1. The van der Waals surface area contributed by atoms with Gasteiger partial charge in [-0.2, -0.15) is 0 Å². The van der Waals surface area contributed by atoms with Gasteiger partial charge in [-0.15, -0.1) is 0 Å². The van der Waals surface area contributed by atoms with Crippen molar-refractivity contribution in [3.63, 3.8) is 0 Å². The maximum atomic E-state index is 12.0. The van der Waals surface area contributed by atoms with E-state index in [2.05, 4.69) is 15.4 Å². The third kappa shape index (κ3) is 4.41. The lowest BCUT2D eigenvalue weighted by atomic mass is 10.2. The van der Waals surface area contributed by atoms with Gasteiger partial charge in [-0.25, -0.2) is 17.9 Å². The molecule has 1 aliphatic rings. The molecule has 128 valence electrons. The van der Waals surface area contributed by atoms with Gasteiger partial charge in [-0.3, -0.25) is 4.90 Å². The van der Waals surface area contributed by atoms with Crippen molar-refractivity contribution in [2.45, 2.75) is 23.4 Å². The van der Waals surface area contributed by atoms with E-state index in [4.69, 9.17) is 0 Å². The summed E-state index contributed by atoms with van der Waals surface area (Å²) in [6.07, 6.45) is 0.675. The highest BCUT2D eigenvalue weighted by molar-refractivity contribution is 7.89. The number of nitrogens with zero attached hydrogens (tertiary/aromatic N) is 1. The summed E-state index contributed by atoms with van der Waals surface area (Å²) in [5.41, 5.74) is 0.392. The number of benzene rings is 1. The molecule has 4 N–H and O–H groups in total. The molecule has 23 heavy (non-hydrogen) atoms. The number of likely N-dealkylation sites (tertiary alicyclic amines) is 1. The molecule has 2 amide bonds. The van der Waals surface area contributed by atoms with Gasteiger partial charge in [0.2, 0.25) is 10.0 Å². The SMILES string of the molecule is CNS(=O)(=O)c1cccc(NC(=O)N[C@@H]2C[C@@H](CO)N(C)C2)c1. The molecule has 0 saturated carbocycles. The second-order valence-corrected chi connectivity index (χ2v) is 7.43. The Bertz CT molecular complexity index is 664. The predicted octanol–water partition coefficient (Wildman–Crippen LogP) is -0.219. The molecule has 0 unspecified atom stereocenters. The van der Waals surface area contributed by atoms with Crippen LogP contribution in [0.2, 0.25) is 0 Å². The molecule has 1 saturated heterocycles. The largest absolute Gasteiger partial charge is 0.395 e. The molecular weight excluding hydrogens is 320 g/mol. The highest BCUT2D eigenvalue weighted by atomic mass is 32.2. The van der Waals surface area contributed by atoms with Gasteiger partial charge in [0.25, 0.3) is 0 Å². The molecular formula is C14H22N4O4S. The lowest BCUT2D eigenvalue weighted by Crippen LogP contribution is -2.39. The van der Waals surface area contributed by atoms with Crippen molar-refractivity contribution >= 4 is 21.7 Å². The minimum absolute atomic E-state index is 0.0457. The number of amides is 2. The maximum Gasteiger partial charge on any atom is 0.319 e. The minimum atomic E-state index is -3.55. The van der Waals surface area contributed by atoms with Crippen molar-refractivity contribution in [2.24, 2.45) is 0 Å². The first-order valence-electron chi connectivity index (χ1n) is 7.28. The van der Waals surface area contributed by atoms with E-state index >= 15 is 0 Å². The monoisotopic (exact) mass is 342 g/mol. The Labute approximate surface area is 135 Å². The molecule has 1 aromatic carbocycles. The van der Waals surface area contributed by atoms with Crippen molar-refractivity contribution in [3.05, 3.63) is 24.3 Å². The van der Waals surface area contributed by atoms with Crippen LogP contribution in [0.15, 0.2) is 29.2 Å². The van der Waals surface area contributed by atoms with Gasteiger partial charge in [0.05, 0.1) is 11.5 Å². The minimum Gasteiger partial charge on any atom is -0.395 e. The molecule has 0 bridgehead atoms. The van der Waals surface area contributed by atoms with Gasteiger partial charge in [0.15, 0.2) is 0 Å². The summed E-state index contributed by atoms with van der Waals surface area (Å²) in [5, 5.41) is 14.7. The molecule has 1 fully saturated rings. The Morgan fingerprint density at radius 2 is 2.17 bits per heavy atom. The van der Waals surface area contributed by atoms with Crippen molar-refractivity contribution in [3.8, 4) is 0 Å². The number of likely N-dealkylation sites (N-methyl/N-ethyl adjacent to an activating group) is 1. The van der Waals surface area contributed by atoms with Crippen molar-refractivity contribution < 1.29 is 18.3 Å². The molecule has 1 heterocycles. The highest BCUT2D eigenvalue weighted by Gasteiger charge is 2.29. The summed E-state index contributed by atoms with van der Waals surface area (Å²) in [6.45, 7) is 0.715. The highest BCUT2D eigenvalue weighted by Crippen LogP contribution is 2.17. The lowest BCUT2D eigenvalue weighted by Gasteiger charge is -2.15. The number of carbonyl (C=O) groups excluding carboxylic acids is 1. The van der Waals surface area contributed by atoms with Gasteiger partial charge in [-0.05, 0) is 38.7 Å². The Morgan fingerprint density at radius 1 is 1.43 bits per heavy atom. The Morgan fingerprint density at radius 3 is 2.78 bits per heavy atom. The number of nitrogens with one attached hydrogen (secondary N) is 3. The first-order chi connectivity index (χ1) is 10.9. The van der Waals surface area contributed by atoms with Crippen LogP contribution in [0.5, 0.6) is 0 Å². The van der Waals surface area contributed by atoms with Crippen LogP contribution >= 0.6 is 0 Å². The molecule has 2 rings (SSSR count). The number of hydrogen-bond acceptors (Lipinski definition) is 5. The van der Waals surface area contributed by atoms with E-state index in [1.54, 1.807) is 12.1 Å². The van der Waals surface area contributed by atoms with Crippen LogP contribution in [0.1, 0.15) is 6.42 Å².